The van der Waals surface area contributed by atoms with E-state index in [0.29, 0.717) is 12.3 Å². The first-order chi connectivity index (χ1) is 10.1. The van der Waals surface area contributed by atoms with Gasteiger partial charge in [-0.25, -0.2) is 0 Å². The first-order valence-corrected chi connectivity index (χ1v) is 6.84. The summed E-state index contributed by atoms with van der Waals surface area (Å²) in [4.78, 5) is 0. The van der Waals surface area contributed by atoms with Crippen molar-refractivity contribution in [3.8, 4) is 17.6 Å². The smallest absolute Gasteiger partial charge is 0.134 e. The van der Waals surface area contributed by atoms with Crippen molar-refractivity contribution in [2.45, 2.75) is 27.3 Å². The number of aromatic nitrogens is 2. The summed E-state index contributed by atoms with van der Waals surface area (Å²) in [5, 5.41) is 13.4. The Labute approximate surface area is 125 Å². The van der Waals surface area contributed by atoms with Crippen LogP contribution in [0.4, 0.5) is 0 Å². The number of hydrogen-bond acceptors (Lipinski definition) is 3. The predicted octanol–water partition coefficient (Wildman–Crippen LogP) is 2.21. The largest absolute Gasteiger partial charge is 0.495 e. The molecule has 0 aliphatic carbocycles. The molecule has 0 fully saturated rings. The van der Waals surface area contributed by atoms with E-state index in [1.165, 1.54) is 11.3 Å². The third kappa shape index (κ3) is 3.26. The molecule has 1 heterocycles. The third-order valence-electron chi connectivity index (χ3n) is 3.64. The summed E-state index contributed by atoms with van der Waals surface area (Å²) in [6.45, 7) is 6.71. The van der Waals surface area contributed by atoms with Crippen LogP contribution in [0.2, 0.25) is 0 Å². The standard InChI is InChI=1S/C17H20N2O2/c1-12-13(2)18-19(14(12)3)11-15-7-8-17(21-4)16(10-15)6-5-9-20/h7-8,10,20H,9,11H2,1-4H3. The third-order valence-corrected chi connectivity index (χ3v) is 3.64. The quantitative estimate of drug-likeness (QED) is 0.879. The van der Waals surface area contributed by atoms with Crippen molar-refractivity contribution in [3.05, 3.63) is 46.3 Å². The van der Waals surface area contributed by atoms with E-state index in [2.05, 4.69) is 30.8 Å². The van der Waals surface area contributed by atoms with E-state index in [-0.39, 0.29) is 6.61 Å². The highest BCUT2D eigenvalue weighted by atomic mass is 16.5. The summed E-state index contributed by atoms with van der Waals surface area (Å²) in [5.74, 6) is 6.29. The molecule has 1 N–H and O–H groups in total. The average molecular weight is 284 g/mol. The summed E-state index contributed by atoms with van der Waals surface area (Å²) in [7, 11) is 1.61. The monoisotopic (exact) mass is 284 g/mol. The number of methoxy groups -OCH3 is 1. The molecule has 0 bridgehead atoms. The van der Waals surface area contributed by atoms with Gasteiger partial charge in [0.25, 0.3) is 0 Å². The Morgan fingerprint density at radius 3 is 2.62 bits per heavy atom. The molecule has 0 aliphatic rings. The van der Waals surface area contributed by atoms with E-state index in [1.54, 1.807) is 7.11 Å². The van der Waals surface area contributed by atoms with Gasteiger partial charge in [0.2, 0.25) is 0 Å². The van der Waals surface area contributed by atoms with E-state index in [0.717, 1.165) is 16.8 Å². The van der Waals surface area contributed by atoms with Crippen molar-refractivity contribution in [2.75, 3.05) is 13.7 Å². The molecule has 1 aromatic heterocycles. The molecule has 0 radical (unpaired) electrons. The summed E-state index contributed by atoms with van der Waals surface area (Å²) in [5.41, 5.74) is 5.34. The number of aliphatic hydroxyl groups is 1. The lowest BCUT2D eigenvalue weighted by Crippen LogP contribution is -2.04. The second-order valence-electron chi connectivity index (χ2n) is 4.95. The van der Waals surface area contributed by atoms with Gasteiger partial charge < -0.3 is 9.84 Å². The molecule has 2 rings (SSSR count). The maximum Gasteiger partial charge on any atom is 0.134 e. The minimum Gasteiger partial charge on any atom is -0.495 e. The highest BCUT2D eigenvalue weighted by Crippen LogP contribution is 2.20. The molecular weight excluding hydrogens is 264 g/mol. The highest BCUT2D eigenvalue weighted by molar-refractivity contribution is 5.48. The van der Waals surface area contributed by atoms with Gasteiger partial charge in [-0.3, -0.25) is 4.68 Å². The van der Waals surface area contributed by atoms with Crippen molar-refractivity contribution < 1.29 is 9.84 Å². The summed E-state index contributed by atoms with van der Waals surface area (Å²) in [6.07, 6.45) is 0. The van der Waals surface area contributed by atoms with Crippen molar-refractivity contribution in [2.24, 2.45) is 0 Å². The molecule has 0 saturated carbocycles. The van der Waals surface area contributed by atoms with Gasteiger partial charge in [-0.05, 0) is 44.0 Å². The van der Waals surface area contributed by atoms with Crippen LogP contribution in [0.15, 0.2) is 18.2 Å². The molecule has 0 atom stereocenters. The molecule has 110 valence electrons. The second-order valence-corrected chi connectivity index (χ2v) is 4.95. The number of aliphatic hydroxyl groups excluding tert-OH is 1. The number of nitrogens with zero attached hydrogens (tertiary/aromatic N) is 2. The van der Waals surface area contributed by atoms with Gasteiger partial charge in [0, 0.05) is 5.69 Å². The fourth-order valence-electron chi connectivity index (χ4n) is 2.20. The molecule has 4 nitrogen and oxygen atoms in total. The van der Waals surface area contributed by atoms with E-state index in [1.807, 2.05) is 29.8 Å². The van der Waals surface area contributed by atoms with E-state index < -0.39 is 0 Å². The topological polar surface area (TPSA) is 47.3 Å². The Hall–Kier alpha value is -2.25. The Balaban J connectivity index is 2.34. The lowest BCUT2D eigenvalue weighted by atomic mass is 10.1. The Morgan fingerprint density at radius 1 is 1.29 bits per heavy atom. The number of benzene rings is 1. The van der Waals surface area contributed by atoms with E-state index in [9.17, 15) is 0 Å². The zero-order valence-corrected chi connectivity index (χ0v) is 12.9. The number of ether oxygens (including phenoxy) is 1. The lowest BCUT2D eigenvalue weighted by molar-refractivity contribution is 0.350. The van der Waals surface area contributed by atoms with Crippen LogP contribution in [0.1, 0.15) is 28.1 Å². The van der Waals surface area contributed by atoms with Crippen LogP contribution in [0.5, 0.6) is 5.75 Å². The molecule has 0 saturated heterocycles. The normalized spacial score (nSPS) is 10.1. The molecular formula is C17H20N2O2. The molecule has 0 spiro atoms. The molecule has 0 aliphatic heterocycles. The fraction of sp³-hybridized carbons (Fsp3) is 0.353. The predicted molar refractivity (Wildman–Crippen MR) is 82.5 cm³/mol. The van der Waals surface area contributed by atoms with Crippen molar-refractivity contribution in [3.63, 3.8) is 0 Å². The summed E-state index contributed by atoms with van der Waals surface area (Å²) >= 11 is 0. The van der Waals surface area contributed by atoms with Crippen LogP contribution in [0, 0.1) is 32.6 Å². The number of hydrogen-bond donors (Lipinski definition) is 1. The Kier molecular flexibility index (Phi) is 4.66. The summed E-state index contributed by atoms with van der Waals surface area (Å²) < 4.78 is 7.28. The maximum atomic E-state index is 8.84. The minimum absolute atomic E-state index is 0.163. The molecule has 1 aromatic carbocycles. The van der Waals surface area contributed by atoms with Crippen molar-refractivity contribution in [1.82, 2.24) is 9.78 Å². The fourth-order valence-corrected chi connectivity index (χ4v) is 2.20. The second kappa shape index (κ2) is 6.47. The van der Waals surface area contributed by atoms with Crippen LogP contribution in [0.3, 0.4) is 0 Å². The number of aryl methyl sites for hydroxylation is 1. The molecule has 0 amide bonds. The average Bonchev–Trinajstić information content (AvgIpc) is 2.72. The van der Waals surface area contributed by atoms with Gasteiger partial charge in [0.1, 0.15) is 12.4 Å². The van der Waals surface area contributed by atoms with Gasteiger partial charge in [-0.1, -0.05) is 17.9 Å². The summed E-state index contributed by atoms with van der Waals surface area (Å²) in [6, 6.07) is 5.89. The van der Waals surface area contributed by atoms with Crippen molar-refractivity contribution >= 4 is 0 Å². The van der Waals surface area contributed by atoms with E-state index >= 15 is 0 Å². The van der Waals surface area contributed by atoms with Crippen LogP contribution in [-0.4, -0.2) is 28.6 Å². The molecule has 4 heteroatoms. The molecule has 2 aromatic rings. The van der Waals surface area contributed by atoms with Gasteiger partial charge in [0.05, 0.1) is 24.9 Å². The van der Waals surface area contributed by atoms with Crippen LogP contribution >= 0.6 is 0 Å². The highest BCUT2D eigenvalue weighted by Gasteiger charge is 2.09. The SMILES string of the molecule is COc1ccc(Cn2nc(C)c(C)c2C)cc1C#CCO. The lowest BCUT2D eigenvalue weighted by Gasteiger charge is -2.08. The van der Waals surface area contributed by atoms with Gasteiger partial charge in [-0.2, -0.15) is 5.10 Å². The number of rotatable bonds is 3. The van der Waals surface area contributed by atoms with Gasteiger partial charge in [0.15, 0.2) is 0 Å². The van der Waals surface area contributed by atoms with Gasteiger partial charge in [-0.15, -0.1) is 0 Å². The molecule has 0 unspecified atom stereocenters. The van der Waals surface area contributed by atoms with Gasteiger partial charge >= 0.3 is 0 Å². The minimum atomic E-state index is -0.163. The Bertz CT molecular complexity index is 706. The zero-order chi connectivity index (χ0) is 15.4. The van der Waals surface area contributed by atoms with Crippen LogP contribution in [-0.2, 0) is 6.54 Å². The zero-order valence-electron chi connectivity index (χ0n) is 12.9. The first kappa shape index (κ1) is 15.1. The maximum absolute atomic E-state index is 8.84. The van der Waals surface area contributed by atoms with Crippen LogP contribution in [0.25, 0.3) is 0 Å². The Morgan fingerprint density at radius 2 is 2.05 bits per heavy atom. The van der Waals surface area contributed by atoms with Crippen LogP contribution < -0.4 is 4.74 Å². The first-order valence-electron chi connectivity index (χ1n) is 6.84. The van der Waals surface area contributed by atoms with E-state index in [4.69, 9.17) is 9.84 Å². The van der Waals surface area contributed by atoms with Crippen molar-refractivity contribution in [1.29, 1.82) is 0 Å². The molecule has 21 heavy (non-hydrogen) atoms.